The molecule has 0 amide bonds. The van der Waals surface area contributed by atoms with E-state index in [1.807, 2.05) is 36.4 Å². The van der Waals surface area contributed by atoms with Crippen LogP contribution in [-0.2, 0) is 4.79 Å². The fraction of sp³-hybridized carbons (Fsp3) is 0.450. The number of ketones is 1. The van der Waals surface area contributed by atoms with Crippen LogP contribution in [0.1, 0.15) is 50.0 Å². The third-order valence-corrected chi connectivity index (χ3v) is 5.51. The first-order valence-electron chi connectivity index (χ1n) is 8.31. The van der Waals surface area contributed by atoms with E-state index in [0.29, 0.717) is 12.8 Å². The Morgan fingerprint density at radius 1 is 1.25 bits per heavy atom. The molecule has 0 heterocycles. The molecule has 0 unspecified atom stereocenters. The van der Waals surface area contributed by atoms with Crippen LogP contribution in [0.25, 0.3) is 0 Å². The zero-order chi connectivity index (χ0) is 17.2. The van der Waals surface area contributed by atoms with Crippen molar-refractivity contribution < 1.29 is 9.53 Å². The Hall–Kier alpha value is -2.59. The molecule has 1 spiro atoms. The van der Waals surface area contributed by atoms with Gasteiger partial charge in [0.15, 0.2) is 0 Å². The van der Waals surface area contributed by atoms with E-state index in [1.165, 1.54) is 0 Å². The molecule has 1 aromatic rings. The molecule has 0 aromatic heterocycles. The summed E-state index contributed by atoms with van der Waals surface area (Å²) in [4.78, 5) is 12.8. The van der Waals surface area contributed by atoms with Gasteiger partial charge in [-0.1, -0.05) is 12.1 Å². The van der Waals surface area contributed by atoms with Crippen LogP contribution in [-0.4, -0.2) is 12.9 Å². The largest absolute Gasteiger partial charge is 0.497 e. The Kier molecular flexibility index (Phi) is 4.40. The Labute approximate surface area is 142 Å². The number of nitrogens with zero attached hydrogens (tertiary/aromatic N) is 2. The molecular formula is C20H20N2O2. The van der Waals surface area contributed by atoms with E-state index in [9.17, 15) is 4.79 Å². The Morgan fingerprint density at radius 2 is 1.96 bits per heavy atom. The predicted molar refractivity (Wildman–Crippen MR) is 89.1 cm³/mol. The standard InChI is InChI=1S/C20H20N2O2/c1-24-18-6-4-14(5-7-18)16-9-19(23)20(11-16)8-2-3-15(10-20)17(12-21)13-22/h4-7,16H,2-3,8-11H2,1H3/t16-,20+/m1/s1. The highest BCUT2D eigenvalue weighted by atomic mass is 16.5. The summed E-state index contributed by atoms with van der Waals surface area (Å²) in [6.07, 6.45) is 4.45. The number of ether oxygens (including phenoxy) is 1. The molecule has 4 heteroatoms. The minimum absolute atomic E-state index is 0.203. The maximum Gasteiger partial charge on any atom is 0.139 e. The van der Waals surface area contributed by atoms with E-state index < -0.39 is 0 Å². The highest BCUT2D eigenvalue weighted by Gasteiger charge is 2.48. The topological polar surface area (TPSA) is 73.9 Å². The molecule has 0 N–H and O–H groups in total. The molecule has 2 aliphatic rings. The quantitative estimate of drug-likeness (QED) is 0.771. The van der Waals surface area contributed by atoms with E-state index in [1.54, 1.807) is 7.11 Å². The van der Waals surface area contributed by atoms with Gasteiger partial charge < -0.3 is 4.74 Å². The summed E-state index contributed by atoms with van der Waals surface area (Å²) in [5.41, 5.74) is 1.86. The minimum Gasteiger partial charge on any atom is -0.497 e. The van der Waals surface area contributed by atoms with E-state index >= 15 is 0 Å². The van der Waals surface area contributed by atoms with Crippen LogP contribution in [0, 0.1) is 28.1 Å². The zero-order valence-corrected chi connectivity index (χ0v) is 13.8. The lowest BCUT2D eigenvalue weighted by Crippen LogP contribution is -2.29. The van der Waals surface area contributed by atoms with Crippen molar-refractivity contribution in [2.45, 2.75) is 44.4 Å². The minimum atomic E-state index is -0.378. The lowest BCUT2D eigenvalue weighted by Gasteiger charge is -2.33. The van der Waals surface area contributed by atoms with Gasteiger partial charge in [-0.3, -0.25) is 4.79 Å². The Balaban J connectivity index is 1.85. The molecule has 2 fully saturated rings. The Bertz CT molecular complexity index is 748. The summed E-state index contributed by atoms with van der Waals surface area (Å²) < 4.78 is 5.19. The fourth-order valence-electron chi connectivity index (χ4n) is 4.24. The summed E-state index contributed by atoms with van der Waals surface area (Å²) in [6, 6.07) is 11.9. The monoisotopic (exact) mass is 320 g/mol. The third-order valence-electron chi connectivity index (χ3n) is 5.51. The first-order valence-corrected chi connectivity index (χ1v) is 8.31. The van der Waals surface area contributed by atoms with Gasteiger partial charge in [0.1, 0.15) is 29.2 Å². The normalized spacial score (nSPS) is 26.0. The Morgan fingerprint density at radius 3 is 2.58 bits per heavy atom. The maximum atomic E-state index is 12.8. The van der Waals surface area contributed by atoms with Gasteiger partial charge in [0, 0.05) is 11.8 Å². The number of benzene rings is 1. The van der Waals surface area contributed by atoms with Crippen LogP contribution in [0.2, 0.25) is 0 Å². The number of hydrogen-bond acceptors (Lipinski definition) is 4. The average molecular weight is 320 g/mol. The fourth-order valence-corrected chi connectivity index (χ4v) is 4.24. The van der Waals surface area contributed by atoms with Crippen LogP contribution < -0.4 is 4.74 Å². The molecule has 0 bridgehead atoms. The number of hydrogen-bond donors (Lipinski definition) is 0. The van der Waals surface area contributed by atoms with Crippen molar-refractivity contribution in [1.82, 2.24) is 0 Å². The van der Waals surface area contributed by atoms with E-state index in [-0.39, 0.29) is 22.7 Å². The summed E-state index contributed by atoms with van der Waals surface area (Å²) in [7, 11) is 1.64. The summed E-state index contributed by atoms with van der Waals surface area (Å²) in [6.45, 7) is 0. The molecule has 2 aliphatic carbocycles. The maximum absolute atomic E-state index is 12.8. The van der Waals surface area contributed by atoms with Crippen LogP contribution in [0.5, 0.6) is 5.75 Å². The van der Waals surface area contributed by atoms with Gasteiger partial charge in [-0.2, -0.15) is 10.5 Å². The van der Waals surface area contributed by atoms with Crippen LogP contribution in [0.3, 0.4) is 0 Å². The molecule has 0 saturated heterocycles. The zero-order valence-electron chi connectivity index (χ0n) is 13.8. The van der Waals surface area contributed by atoms with Crippen molar-refractivity contribution in [3.63, 3.8) is 0 Å². The van der Waals surface area contributed by atoms with Gasteiger partial charge in [-0.15, -0.1) is 0 Å². The second kappa shape index (κ2) is 6.49. The van der Waals surface area contributed by atoms with Crippen molar-refractivity contribution in [2.75, 3.05) is 7.11 Å². The second-order valence-corrected chi connectivity index (χ2v) is 6.81. The molecule has 122 valence electrons. The first-order chi connectivity index (χ1) is 11.6. The first kappa shape index (κ1) is 16.3. The second-order valence-electron chi connectivity index (χ2n) is 6.81. The average Bonchev–Trinajstić information content (AvgIpc) is 2.92. The van der Waals surface area contributed by atoms with Crippen molar-refractivity contribution in [2.24, 2.45) is 5.41 Å². The molecule has 0 radical (unpaired) electrons. The number of rotatable bonds is 2. The van der Waals surface area contributed by atoms with Crippen LogP contribution >= 0.6 is 0 Å². The highest BCUT2D eigenvalue weighted by molar-refractivity contribution is 5.88. The third kappa shape index (κ3) is 2.81. The van der Waals surface area contributed by atoms with Gasteiger partial charge in [-0.05, 0) is 61.3 Å². The van der Waals surface area contributed by atoms with Gasteiger partial charge in [0.2, 0.25) is 0 Å². The number of carbonyl (C=O) groups is 1. The van der Waals surface area contributed by atoms with Crippen LogP contribution in [0.4, 0.5) is 0 Å². The molecule has 2 atom stereocenters. The van der Waals surface area contributed by atoms with Crippen LogP contribution in [0.15, 0.2) is 35.4 Å². The van der Waals surface area contributed by atoms with Gasteiger partial charge in [0.05, 0.1) is 7.11 Å². The van der Waals surface area contributed by atoms with Gasteiger partial charge in [-0.25, -0.2) is 0 Å². The van der Waals surface area contributed by atoms with Crippen molar-refractivity contribution in [3.8, 4) is 17.9 Å². The lowest BCUT2D eigenvalue weighted by atomic mass is 9.69. The summed E-state index contributed by atoms with van der Waals surface area (Å²) in [5, 5.41) is 18.3. The smallest absolute Gasteiger partial charge is 0.139 e. The van der Waals surface area contributed by atoms with Gasteiger partial charge >= 0.3 is 0 Å². The predicted octanol–water partition coefficient (Wildman–Crippen LogP) is 4.05. The SMILES string of the molecule is COc1ccc([C@@H]2CC(=O)[C@]3(CCCC(=C(C#N)C#N)C3)C2)cc1. The molecule has 4 nitrogen and oxygen atoms in total. The van der Waals surface area contributed by atoms with Gasteiger partial charge in [0.25, 0.3) is 0 Å². The molecule has 24 heavy (non-hydrogen) atoms. The lowest BCUT2D eigenvalue weighted by molar-refractivity contribution is -0.126. The molecule has 3 rings (SSSR count). The molecule has 0 aliphatic heterocycles. The number of methoxy groups -OCH3 is 1. The number of carbonyl (C=O) groups excluding carboxylic acids is 1. The highest BCUT2D eigenvalue weighted by Crippen LogP contribution is 2.53. The molecule has 1 aromatic carbocycles. The van der Waals surface area contributed by atoms with E-state index in [2.05, 4.69) is 0 Å². The van der Waals surface area contributed by atoms with E-state index in [0.717, 1.165) is 42.6 Å². The number of allylic oxidation sites excluding steroid dienone is 2. The summed E-state index contributed by atoms with van der Waals surface area (Å²) in [5.74, 6) is 1.32. The number of nitriles is 2. The van der Waals surface area contributed by atoms with E-state index in [4.69, 9.17) is 15.3 Å². The molecular weight excluding hydrogens is 300 g/mol. The van der Waals surface area contributed by atoms with Crippen molar-refractivity contribution >= 4 is 5.78 Å². The van der Waals surface area contributed by atoms with Crippen molar-refractivity contribution in [3.05, 3.63) is 41.0 Å². The summed E-state index contributed by atoms with van der Waals surface area (Å²) >= 11 is 0. The number of Topliss-reactive ketones (excluding diaryl/α,β-unsaturated/α-hetero) is 1. The molecule has 2 saturated carbocycles. The van der Waals surface area contributed by atoms with Crippen molar-refractivity contribution in [1.29, 1.82) is 10.5 Å².